The van der Waals surface area contributed by atoms with Gasteiger partial charge in [-0.15, -0.1) is 0 Å². The minimum Gasteiger partial charge on any atom is -0.382 e. The Morgan fingerprint density at radius 3 is 2.60 bits per heavy atom. The van der Waals surface area contributed by atoms with Crippen LogP contribution in [0.15, 0.2) is 48.5 Å². The van der Waals surface area contributed by atoms with Crippen molar-refractivity contribution in [3.63, 3.8) is 0 Å². The molecule has 0 aliphatic heterocycles. The number of hydrogen-bond acceptors (Lipinski definition) is 3. The van der Waals surface area contributed by atoms with Gasteiger partial charge in [0.25, 0.3) is 5.69 Å². The number of nitro groups is 1. The fourth-order valence-electron chi connectivity index (χ4n) is 2.02. The number of nitrogens with zero attached hydrogens (tertiary/aromatic N) is 1. The number of hydrogen-bond donors (Lipinski definition) is 1. The maximum Gasteiger partial charge on any atom is 0.271 e. The summed E-state index contributed by atoms with van der Waals surface area (Å²) in [5.74, 6) is -0.256. The Kier molecular flexibility index (Phi) is 4.30. The highest BCUT2D eigenvalue weighted by Crippen LogP contribution is 2.18. The van der Waals surface area contributed by atoms with Gasteiger partial charge in [0, 0.05) is 23.9 Å². The molecule has 0 aromatic heterocycles. The molecule has 0 heterocycles. The van der Waals surface area contributed by atoms with Crippen molar-refractivity contribution in [1.29, 1.82) is 0 Å². The van der Waals surface area contributed by atoms with E-state index in [0.29, 0.717) is 12.1 Å². The van der Waals surface area contributed by atoms with E-state index in [-0.39, 0.29) is 17.5 Å². The molecular formula is C15H15FN2O2. The van der Waals surface area contributed by atoms with Crippen LogP contribution < -0.4 is 5.32 Å². The molecule has 0 bridgehead atoms. The highest BCUT2D eigenvalue weighted by Gasteiger charge is 2.08. The molecule has 4 nitrogen and oxygen atoms in total. The van der Waals surface area contributed by atoms with Gasteiger partial charge in [-0.2, -0.15) is 0 Å². The topological polar surface area (TPSA) is 55.2 Å². The van der Waals surface area contributed by atoms with Gasteiger partial charge in [0.1, 0.15) is 5.82 Å². The van der Waals surface area contributed by atoms with Gasteiger partial charge in [-0.3, -0.25) is 10.1 Å². The Labute approximate surface area is 116 Å². The summed E-state index contributed by atoms with van der Waals surface area (Å²) in [7, 11) is 0. The average Bonchev–Trinajstić information content (AvgIpc) is 2.41. The molecule has 104 valence electrons. The Morgan fingerprint density at radius 2 is 1.95 bits per heavy atom. The first-order valence-corrected chi connectivity index (χ1v) is 6.30. The van der Waals surface area contributed by atoms with Crippen molar-refractivity contribution in [2.45, 2.75) is 19.4 Å². The predicted octanol–water partition coefficient (Wildman–Crippen LogP) is 3.78. The smallest absolute Gasteiger partial charge is 0.271 e. The fourth-order valence-corrected chi connectivity index (χ4v) is 2.02. The van der Waals surface area contributed by atoms with Gasteiger partial charge < -0.3 is 5.32 Å². The van der Waals surface area contributed by atoms with Crippen LogP contribution in [0.1, 0.15) is 12.5 Å². The van der Waals surface area contributed by atoms with E-state index < -0.39 is 4.92 Å². The van der Waals surface area contributed by atoms with E-state index in [9.17, 15) is 14.5 Å². The lowest BCUT2D eigenvalue weighted by atomic mass is 10.1. The molecule has 2 rings (SSSR count). The van der Waals surface area contributed by atoms with E-state index in [0.717, 1.165) is 5.56 Å². The van der Waals surface area contributed by atoms with Crippen LogP contribution in [0, 0.1) is 15.9 Å². The molecule has 0 amide bonds. The molecule has 1 N–H and O–H groups in total. The number of nitro benzene ring substituents is 1. The molecule has 2 aromatic carbocycles. The van der Waals surface area contributed by atoms with Crippen molar-refractivity contribution >= 4 is 11.4 Å². The van der Waals surface area contributed by atoms with Gasteiger partial charge in [0.15, 0.2) is 0 Å². The number of rotatable bonds is 5. The standard InChI is InChI=1S/C15H15FN2O2/c1-11(9-12-5-7-13(16)8-6-12)17-14-3-2-4-15(10-14)18(19)20/h2-8,10-11,17H,9H2,1H3. The zero-order chi connectivity index (χ0) is 14.5. The van der Waals surface area contributed by atoms with E-state index in [1.165, 1.54) is 24.3 Å². The minimum atomic E-state index is -0.421. The van der Waals surface area contributed by atoms with E-state index in [1.54, 1.807) is 24.3 Å². The van der Waals surface area contributed by atoms with Gasteiger partial charge in [-0.1, -0.05) is 18.2 Å². The van der Waals surface area contributed by atoms with Crippen LogP contribution in [0.2, 0.25) is 0 Å². The highest BCUT2D eigenvalue weighted by molar-refractivity contribution is 5.51. The molecule has 20 heavy (non-hydrogen) atoms. The molecule has 0 saturated carbocycles. The van der Waals surface area contributed by atoms with Crippen LogP contribution in [-0.4, -0.2) is 11.0 Å². The summed E-state index contributed by atoms with van der Waals surface area (Å²) in [6.45, 7) is 1.97. The molecule has 0 saturated heterocycles. The Bertz CT molecular complexity index is 599. The largest absolute Gasteiger partial charge is 0.382 e. The second kappa shape index (κ2) is 6.14. The highest BCUT2D eigenvalue weighted by atomic mass is 19.1. The third kappa shape index (κ3) is 3.78. The van der Waals surface area contributed by atoms with Crippen molar-refractivity contribution in [1.82, 2.24) is 0 Å². The molecule has 0 aliphatic carbocycles. The lowest BCUT2D eigenvalue weighted by molar-refractivity contribution is -0.384. The maximum atomic E-state index is 12.8. The average molecular weight is 274 g/mol. The summed E-state index contributed by atoms with van der Waals surface area (Å²) in [6.07, 6.45) is 0.711. The van der Waals surface area contributed by atoms with Crippen molar-refractivity contribution in [3.8, 4) is 0 Å². The van der Waals surface area contributed by atoms with Crippen LogP contribution >= 0.6 is 0 Å². The summed E-state index contributed by atoms with van der Waals surface area (Å²) in [5, 5.41) is 13.9. The number of halogens is 1. The van der Waals surface area contributed by atoms with Crippen molar-refractivity contribution in [3.05, 3.63) is 70.0 Å². The fraction of sp³-hybridized carbons (Fsp3) is 0.200. The summed E-state index contributed by atoms with van der Waals surface area (Å²) in [4.78, 5) is 10.3. The first-order valence-electron chi connectivity index (χ1n) is 6.30. The molecular weight excluding hydrogens is 259 g/mol. The molecule has 2 aromatic rings. The van der Waals surface area contributed by atoms with Gasteiger partial charge in [-0.25, -0.2) is 4.39 Å². The first kappa shape index (κ1) is 14.0. The number of non-ortho nitro benzene ring substituents is 1. The SMILES string of the molecule is CC(Cc1ccc(F)cc1)Nc1cccc([N+](=O)[O-])c1. The van der Waals surface area contributed by atoms with Crippen LogP contribution in [0.4, 0.5) is 15.8 Å². The van der Waals surface area contributed by atoms with Crippen LogP contribution in [0.5, 0.6) is 0 Å². The van der Waals surface area contributed by atoms with Crippen LogP contribution in [0.25, 0.3) is 0 Å². The lowest BCUT2D eigenvalue weighted by Crippen LogP contribution is -2.18. The van der Waals surface area contributed by atoms with E-state index in [2.05, 4.69) is 5.32 Å². The third-order valence-electron chi connectivity index (χ3n) is 2.93. The van der Waals surface area contributed by atoms with Crippen molar-refractivity contribution in [2.24, 2.45) is 0 Å². The van der Waals surface area contributed by atoms with Crippen LogP contribution in [0.3, 0.4) is 0 Å². The van der Waals surface area contributed by atoms with Crippen molar-refractivity contribution < 1.29 is 9.31 Å². The first-order chi connectivity index (χ1) is 9.54. The number of benzene rings is 2. The van der Waals surface area contributed by atoms with Crippen LogP contribution in [-0.2, 0) is 6.42 Å². The molecule has 0 radical (unpaired) electrons. The number of anilines is 1. The van der Waals surface area contributed by atoms with Gasteiger partial charge in [-0.05, 0) is 37.1 Å². The normalized spacial score (nSPS) is 11.9. The molecule has 5 heteroatoms. The van der Waals surface area contributed by atoms with Gasteiger partial charge >= 0.3 is 0 Å². The lowest BCUT2D eigenvalue weighted by Gasteiger charge is -2.15. The zero-order valence-corrected chi connectivity index (χ0v) is 11.0. The second-order valence-corrected chi connectivity index (χ2v) is 4.68. The molecule has 0 spiro atoms. The third-order valence-corrected chi connectivity index (χ3v) is 2.93. The van der Waals surface area contributed by atoms with E-state index in [1.807, 2.05) is 6.92 Å². The molecule has 0 aliphatic rings. The molecule has 1 atom stereocenters. The van der Waals surface area contributed by atoms with E-state index in [4.69, 9.17) is 0 Å². The summed E-state index contributed by atoms with van der Waals surface area (Å²) in [5.41, 5.74) is 1.77. The van der Waals surface area contributed by atoms with Gasteiger partial charge in [0.05, 0.1) is 4.92 Å². The zero-order valence-electron chi connectivity index (χ0n) is 11.0. The minimum absolute atomic E-state index is 0.0592. The Balaban J connectivity index is 2.00. The van der Waals surface area contributed by atoms with Gasteiger partial charge in [0.2, 0.25) is 0 Å². The Hall–Kier alpha value is -2.43. The molecule has 0 fully saturated rings. The Morgan fingerprint density at radius 1 is 1.25 bits per heavy atom. The maximum absolute atomic E-state index is 12.8. The number of nitrogens with one attached hydrogen (secondary N) is 1. The summed E-state index contributed by atoms with van der Waals surface area (Å²) in [6, 6.07) is 12.8. The summed E-state index contributed by atoms with van der Waals surface area (Å²) >= 11 is 0. The molecule has 1 unspecified atom stereocenters. The monoisotopic (exact) mass is 274 g/mol. The second-order valence-electron chi connectivity index (χ2n) is 4.68. The predicted molar refractivity (Wildman–Crippen MR) is 76.3 cm³/mol. The van der Waals surface area contributed by atoms with E-state index >= 15 is 0 Å². The van der Waals surface area contributed by atoms with Crippen molar-refractivity contribution in [2.75, 3.05) is 5.32 Å². The summed E-state index contributed by atoms with van der Waals surface area (Å²) < 4.78 is 12.8. The quantitative estimate of drug-likeness (QED) is 0.667.